The zero-order valence-electron chi connectivity index (χ0n) is 14.7. The van der Waals surface area contributed by atoms with Crippen molar-refractivity contribution in [3.8, 4) is 0 Å². The molecule has 2 aromatic carbocycles. The van der Waals surface area contributed by atoms with Crippen LogP contribution in [0.1, 0.15) is 12.0 Å². The summed E-state index contributed by atoms with van der Waals surface area (Å²) in [7, 11) is 3.90. The molecule has 0 spiro atoms. The van der Waals surface area contributed by atoms with E-state index in [0.29, 0.717) is 19.4 Å². The highest BCUT2D eigenvalue weighted by Gasteiger charge is 2.10. The number of anilines is 2. The van der Waals surface area contributed by atoms with Crippen LogP contribution in [0.2, 0.25) is 0 Å². The van der Waals surface area contributed by atoms with Gasteiger partial charge in [0.2, 0.25) is 5.91 Å². The van der Waals surface area contributed by atoms with Crippen LogP contribution in [0.15, 0.2) is 54.6 Å². The molecule has 0 saturated heterocycles. The summed E-state index contributed by atoms with van der Waals surface area (Å²) in [5, 5.41) is 0. The molecule has 0 saturated carbocycles. The zero-order chi connectivity index (χ0) is 16.7. The van der Waals surface area contributed by atoms with Crippen molar-refractivity contribution in [2.75, 3.05) is 37.8 Å². The third-order valence-corrected chi connectivity index (χ3v) is 4.06. The van der Waals surface area contributed by atoms with Gasteiger partial charge in [0.1, 0.15) is 0 Å². The van der Waals surface area contributed by atoms with E-state index in [2.05, 4.69) is 17.0 Å². The monoisotopic (exact) mass is 383 g/mol. The molecule has 0 bridgehead atoms. The highest BCUT2D eigenvalue weighted by atomic mass is 35.5. The number of nitrogen functional groups attached to an aromatic ring is 1. The number of carbonyl (C=O) groups is 1. The molecule has 138 valence electrons. The molecule has 0 aliphatic rings. The van der Waals surface area contributed by atoms with Gasteiger partial charge in [-0.2, -0.15) is 0 Å². The predicted molar refractivity (Wildman–Crippen MR) is 111 cm³/mol. The first-order valence-electron chi connectivity index (χ1n) is 7.91. The first-order chi connectivity index (χ1) is 11.1. The summed E-state index contributed by atoms with van der Waals surface area (Å²) in [6.07, 6.45) is 1.17. The quantitative estimate of drug-likeness (QED) is 0.742. The van der Waals surface area contributed by atoms with Crippen molar-refractivity contribution in [1.29, 1.82) is 0 Å². The van der Waals surface area contributed by atoms with Crippen LogP contribution in [0.5, 0.6) is 0 Å². The van der Waals surface area contributed by atoms with Crippen LogP contribution in [0, 0.1) is 0 Å². The van der Waals surface area contributed by atoms with Crippen LogP contribution in [0.25, 0.3) is 0 Å². The summed E-state index contributed by atoms with van der Waals surface area (Å²) < 4.78 is 0. The van der Waals surface area contributed by atoms with Gasteiger partial charge in [-0.1, -0.05) is 36.4 Å². The Morgan fingerprint density at radius 3 is 2.16 bits per heavy atom. The molecule has 0 aliphatic carbocycles. The molecule has 4 nitrogen and oxygen atoms in total. The lowest BCUT2D eigenvalue weighted by molar-refractivity contribution is -0.129. The molecular weight excluding hydrogens is 357 g/mol. The van der Waals surface area contributed by atoms with Crippen molar-refractivity contribution >= 4 is 42.1 Å². The Morgan fingerprint density at radius 1 is 0.920 bits per heavy atom. The lowest BCUT2D eigenvalue weighted by Crippen LogP contribution is -2.34. The molecule has 0 unspecified atom stereocenters. The van der Waals surface area contributed by atoms with E-state index in [4.69, 9.17) is 5.73 Å². The van der Waals surface area contributed by atoms with Gasteiger partial charge < -0.3 is 15.5 Å². The third-order valence-electron chi connectivity index (χ3n) is 4.06. The predicted octanol–water partition coefficient (Wildman–Crippen LogP) is 3.64. The lowest BCUT2D eigenvalue weighted by atomic mass is 10.1. The summed E-state index contributed by atoms with van der Waals surface area (Å²) >= 11 is 0. The average Bonchev–Trinajstić information content (AvgIpc) is 2.59. The fourth-order valence-corrected chi connectivity index (χ4v) is 2.43. The number of likely N-dealkylation sites (N-methyl/N-ethyl adjacent to an activating group) is 2. The first kappa shape index (κ1) is 23.1. The molecule has 0 aromatic heterocycles. The number of para-hydroxylation sites is 2. The Kier molecular flexibility index (Phi) is 10.7. The molecule has 2 N–H and O–H groups in total. The highest BCUT2D eigenvalue weighted by molar-refractivity contribution is 5.85. The molecular formula is C19H27Cl2N3O. The van der Waals surface area contributed by atoms with Gasteiger partial charge >= 0.3 is 0 Å². The van der Waals surface area contributed by atoms with Gasteiger partial charge in [-0.15, -0.1) is 24.8 Å². The van der Waals surface area contributed by atoms with Gasteiger partial charge in [0.05, 0.1) is 0 Å². The summed E-state index contributed by atoms with van der Waals surface area (Å²) in [4.78, 5) is 16.2. The third kappa shape index (κ3) is 7.24. The Morgan fingerprint density at radius 2 is 1.52 bits per heavy atom. The lowest BCUT2D eigenvalue weighted by Gasteiger charge is -2.24. The first-order valence-corrected chi connectivity index (χ1v) is 7.91. The van der Waals surface area contributed by atoms with Gasteiger partial charge in [0.15, 0.2) is 0 Å². The zero-order valence-corrected chi connectivity index (χ0v) is 16.4. The van der Waals surface area contributed by atoms with E-state index in [1.54, 1.807) is 4.90 Å². The summed E-state index contributed by atoms with van der Waals surface area (Å²) in [6, 6.07) is 17.9. The van der Waals surface area contributed by atoms with E-state index in [9.17, 15) is 4.79 Å². The number of nitrogens with two attached hydrogens (primary N) is 1. The molecule has 2 aromatic rings. The van der Waals surface area contributed by atoms with Gasteiger partial charge in [0.25, 0.3) is 0 Å². The molecule has 0 atom stereocenters. The minimum atomic E-state index is 0. The topological polar surface area (TPSA) is 49.6 Å². The average molecular weight is 384 g/mol. The largest absolute Gasteiger partial charge is 0.399 e. The van der Waals surface area contributed by atoms with Gasteiger partial charge in [-0.25, -0.2) is 0 Å². The fraction of sp³-hybridized carbons (Fsp3) is 0.316. The maximum absolute atomic E-state index is 12.2. The molecule has 0 heterocycles. The minimum absolute atomic E-state index is 0. The van der Waals surface area contributed by atoms with Crippen LogP contribution < -0.4 is 10.6 Å². The number of hydrogen-bond donors (Lipinski definition) is 1. The molecule has 6 heteroatoms. The van der Waals surface area contributed by atoms with Crippen molar-refractivity contribution < 1.29 is 4.79 Å². The Hall–Kier alpha value is -1.91. The molecule has 0 radical (unpaired) electrons. The number of nitrogens with zero attached hydrogens (tertiary/aromatic N) is 2. The number of amides is 1. The van der Waals surface area contributed by atoms with Crippen molar-refractivity contribution in [2.24, 2.45) is 0 Å². The second-order valence-corrected chi connectivity index (χ2v) is 5.77. The Bertz CT molecular complexity index is 638. The standard InChI is InChI=1S/C19H25N3O.2ClH/c1-21(17-9-4-3-5-10-17)14-15-22(2)19(23)13-12-16-8-6-7-11-18(16)20;;/h3-11H,12-15,20H2,1-2H3;2*1H. The summed E-state index contributed by atoms with van der Waals surface area (Å²) in [5.74, 6) is 0.148. The van der Waals surface area contributed by atoms with Crippen LogP contribution >= 0.6 is 24.8 Å². The Labute approximate surface area is 162 Å². The normalized spacial score (nSPS) is 9.52. The van der Waals surface area contributed by atoms with Crippen molar-refractivity contribution in [1.82, 2.24) is 4.90 Å². The highest BCUT2D eigenvalue weighted by Crippen LogP contribution is 2.13. The summed E-state index contributed by atoms with van der Waals surface area (Å²) in [6.45, 7) is 1.51. The van der Waals surface area contributed by atoms with Crippen molar-refractivity contribution in [3.63, 3.8) is 0 Å². The minimum Gasteiger partial charge on any atom is -0.399 e. The van der Waals surface area contributed by atoms with E-state index in [1.165, 1.54) is 0 Å². The number of carbonyl (C=O) groups excluding carboxylic acids is 1. The number of halogens is 2. The van der Waals surface area contributed by atoms with Gasteiger partial charge in [-0.3, -0.25) is 4.79 Å². The van der Waals surface area contributed by atoms with E-state index < -0.39 is 0 Å². The maximum Gasteiger partial charge on any atom is 0.222 e. The smallest absolute Gasteiger partial charge is 0.222 e. The molecule has 25 heavy (non-hydrogen) atoms. The SMILES string of the molecule is CN(CCN(C)c1ccccc1)C(=O)CCc1ccccc1N.Cl.Cl. The van der Waals surface area contributed by atoms with Crippen molar-refractivity contribution in [3.05, 3.63) is 60.2 Å². The van der Waals surface area contributed by atoms with E-state index >= 15 is 0 Å². The van der Waals surface area contributed by atoms with Gasteiger partial charge in [0, 0.05) is 45.0 Å². The van der Waals surface area contributed by atoms with Crippen molar-refractivity contribution in [2.45, 2.75) is 12.8 Å². The number of aryl methyl sites for hydroxylation is 1. The number of benzene rings is 2. The van der Waals surface area contributed by atoms with E-state index in [-0.39, 0.29) is 30.7 Å². The number of rotatable bonds is 7. The molecule has 0 aliphatic heterocycles. The molecule has 1 amide bonds. The second kappa shape index (κ2) is 11.6. The van der Waals surface area contributed by atoms with E-state index in [0.717, 1.165) is 23.5 Å². The van der Waals surface area contributed by atoms with Crippen LogP contribution in [0.3, 0.4) is 0 Å². The van der Waals surface area contributed by atoms with Gasteiger partial charge in [-0.05, 0) is 30.2 Å². The molecule has 0 fully saturated rings. The van der Waals surface area contributed by atoms with Crippen LogP contribution in [0.4, 0.5) is 11.4 Å². The maximum atomic E-state index is 12.2. The fourth-order valence-electron chi connectivity index (χ4n) is 2.43. The van der Waals surface area contributed by atoms with E-state index in [1.807, 2.05) is 56.6 Å². The number of hydrogen-bond acceptors (Lipinski definition) is 3. The van der Waals surface area contributed by atoms with Crippen LogP contribution in [-0.2, 0) is 11.2 Å². The summed E-state index contributed by atoms with van der Waals surface area (Å²) in [5.41, 5.74) is 8.87. The second-order valence-electron chi connectivity index (χ2n) is 5.77. The Balaban J connectivity index is 0.00000288. The van der Waals surface area contributed by atoms with Crippen LogP contribution in [-0.4, -0.2) is 38.0 Å². The molecule has 2 rings (SSSR count).